The van der Waals surface area contributed by atoms with Crippen molar-refractivity contribution in [2.45, 2.75) is 27.2 Å². The molecule has 0 atom stereocenters. The number of likely N-dealkylation sites (N-methyl/N-ethyl adjacent to an activating group) is 1. The minimum absolute atomic E-state index is 0.0163. The molecule has 1 saturated heterocycles. The van der Waals surface area contributed by atoms with Gasteiger partial charge in [0.2, 0.25) is 0 Å². The Morgan fingerprint density at radius 1 is 1.12 bits per heavy atom. The minimum atomic E-state index is -0.110. The van der Waals surface area contributed by atoms with Crippen LogP contribution in [0.3, 0.4) is 0 Å². The molecule has 0 saturated carbocycles. The summed E-state index contributed by atoms with van der Waals surface area (Å²) in [6.45, 7) is 11.4. The van der Waals surface area contributed by atoms with Crippen LogP contribution in [0.15, 0.2) is 24.3 Å². The largest absolute Gasteiger partial charge is 0.352 e. The van der Waals surface area contributed by atoms with Crippen LogP contribution in [0.25, 0.3) is 0 Å². The molecule has 0 unspecified atom stereocenters. The van der Waals surface area contributed by atoms with E-state index in [1.165, 1.54) is 0 Å². The number of hydrogen-bond donors (Lipinski definition) is 1. The summed E-state index contributed by atoms with van der Waals surface area (Å²) in [4.78, 5) is 29.1. The van der Waals surface area contributed by atoms with Crippen molar-refractivity contribution >= 4 is 11.8 Å². The fraction of sp³-hybridized carbons (Fsp3) is 0.579. The lowest BCUT2D eigenvalue weighted by Gasteiger charge is -2.34. The second-order valence-corrected chi connectivity index (χ2v) is 6.75. The molecule has 1 aliphatic rings. The zero-order valence-electron chi connectivity index (χ0n) is 15.0. The Labute approximate surface area is 145 Å². The number of benzene rings is 1. The number of amides is 2. The molecule has 1 aromatic carbocycles. The van der Waals surface area contributed by atoms with E-state index in [-0.39, 0.29) is 11.8 Å². The van der Waals surface area contributed by atoms with Gasteiger partial charge in [-0.25, -0.2) is 0 Å². The molecular weight excluding hydrogens is 302 g/mol. The van der Waals surface area contributed by atoms with Gasteiger partial charge in [0, 0.05) is 43.9 Å². The predicted octanol–water partition coefficient (Wildman–Crippen LogP) is 2.24. The quantitative estimate of drug-likeness (QED) is 0.870. The van der Waals surface area contributed by atoms with Crippen LogP contribution in [-0.2, 0) is 0 Å². The molecule has 2 rings (SSSR count). The average Bonchev–Trinajstić information content (AvgIpc) is 2.61. The van der Waals surface area contributed by atoms with E-state index < -0.39 is 0 Å². The zero-order chi connectivity index (χ0) is 17.5. The van der Waals surface area contributed by atoms with Gasteiger partial charge < -0.3 is 15.1 Å². The Morgan fingerprint density at radius 2 is 1.79 bits per heavy atom. The predicted molar refractivity (Wildman–Crippen MR) is 96.2 cm³/mol. The first-order valence-electron chi connectivity index (χ1n) is 8.91. The van der Waals surface area contributed by atoms with Crippen LogP contribution in [0.5, 0.6) is 0 Å². The van der Waals surface area contributed by atoms with Crippen molar-refractivity contribution in [3.05, 3.63) is 35.4 Å². The highest BCUT2D eigenvalue weighted by Crippen LogP contribution is 2.11. The fourth-order valence-electron chi connectivity index (χ4n) is 2.82. The smallest absolute Gasteiger partial charge is 0.253 e. The molecule has 132 valence electrons. The summed E-state index contributed by atoms with van der Waals surface area (Å²) < 4.78 is 0. The molecule has 1 fully saturated rings. The van der Waals surface area contributed by atoms with E-state index in [0.29, 0.717) is 23.6 Å². The lowest BCUT2D eigenvalue weighted by Crippen LogP contribution is -2.48. The van der Waals surface area contributed by atoms with Gasteiger partial charge in [0.25, 0.3) is 11.8 Å². The van der Waals surface area contributed by atoms with E-state index in [4.69, 9.17) is 0 Å². The average molecular weight is 331 g/mol. The summed E-state index contributed by atoms with van der Waals surface area (Å²) in [5.74, 6) is 0.462. The molecule has 5 nitrogen and oxygen atoms in total. The minimum Gasteiger partial charge on any atom is -0.352 e. The highest BCUT2D eigenvalue weighted by atomic mass is 16.2. The van der Waals surface area contributed by atoms with Crippen LogP contribution in [0.4, 0.5) is 0 Å². The Bertz CT molecular complexity index is 563. The number of nitrogens with zero attached hydrogens (tertiary/aromatic N) is 2. The van der Waals surface area contributed by atoms with E-state index in [2.05, 4.69) is 31.0 Å². The summed E-state index contributed by atoms with van der Waals surface area (Å²) in [6, 6.07) is 7.04. The fourth-order valence-corrected chi connectivity index (χ4v) is 2.82. The number of hydrogen-bond acceptors (Lipinski definition) is 3. The molecule has 1 heterocycles. The molecule has 24 heavy (non-hydrogen) atoms. The molecule has 0 aliphatic carbocycles. The Kier molecular flexibility index (Phi) is 6.79. The van der Waals surface area contributed by atoms with Gasteiger partial charge in [0.05, 0.1) is 0 Å². The van der Waals surface area contributed by atoms with Gasteiger partial charge in [-0.3, -0.25) is 9.59 Å². The SMILES string of the molecule is CCN1CCN(C(=O)c2cccc(C(=O)NCCC(C)C)c2)CC1. The van der Waals surface area contributed by atoms with Crippen LogP contribution in [0.2, 0.25) is 0 Å². The summed E-state index contributed by atoms with van der Waals surface area (Å²) in [6.07, 6.45) is 0.950. The molecule has 2 amide bonds. The van der Waals surface area contributed by atoms with Crippen molar-refractivity contribution in [1.29, 1.82) is 0 Å². The maximum absolute atomic E-state index is 12.6. The molecular formula is C19H29N3O2. The van der Waals surface area contributed by atoms with Gasteiger partial charge >= 0.3 is 0 Å². The topological polar surface area (TPSA) is 52.7 Å². The van der Waals surface area contributed by atoms with Gasteiger partial charge in [-0.2, -0.15) is 0 Å². The van der Waals surface area contributed by atoms with Crippen molar-refractivity contribution in [3.63, 3.8) is 0 Å². The molecule has 1 aromatic rings. The zero-order valence-corrected chi connectivity index (χ0v) is 15.0. The number of carbonyl (C=O) groups excluding carboxylic acids is 2. The van der Waals surface area contributed by atoms with Crippen molar-refractivity contribution < 1.29 is 9.59 Å². The molecule has 1 N–H and O–H groups in total. The first kappa shape index (κ1) is 18.5. The molecule has 0 spiro atoms. The van der Waals surface area contributed by atoms with E-state index >= 15 is 0 Å². The third-order valence-corrected chi connectivity index (χ3v) is 4.49. The van der Waals surface area contributed by atoms with Gasteiger partial charge in [-0.1, -0.05) is 26.8 Å². The van der Waals surface area contributed by atoms with Gasteiger partial charge in [-0.05, 0) is 37.1 Å². The van der Waals surface area contributed by atoms with Gasteiger partial charge in [0.1, 0.15) is 0 Å². The van der Waals surface area contributed by atoms with Crippen molar-refractivity contribution in [3.8, 4) is 0 Å². The van der Waals surface area contributed by atoms with Crippen LogP contribution in [-0.4, -0.2) is 60.9 Å². The second-order valence-electron chi connectivity index (χ2n) is 6.75. The molecule has 0 radical (unpaired) electrons. The molecule has 0 bridgehead atoms. The molecule has 0 aromatic heterocycles. The van der Waals surface area contributed by atoms with Gasteiger partial charge in [-0.15, -0.1) is 0 Å². The number of rotatable bonds is 6. The third kappa shape index (κ3) is 5.06. The third-order valence-electron chi connectivity index (χ3n) is 4.49. The Hall–Kier alpha value is -1.88. The van der Waals surface area contributed by atoms with Crippen molar-refractivity contribution in [2.75, 3.05) is 39.3 Å². The van der Waals surface area contributed by atoms with Crippen LogP contribution in [0.1, 0.15) is 47.9 Å². The first-order chi connectivity index (χ1) is 11.5. The summed E-state index contributed by atoms with van der Waals surface area (Å²) >= 11 is 0. The first-order valence-corrected chi connectivity index (χ1v) is 8.91. The number of nitrogens with one attached hydrogen (secondary N) is 1. The van der Waals surface area contributed by atoms with Crippen molar-refractivity contribution in [1.82, 2.24) is 15.1 Å². The lowest BCUT2D eigenvalue weighted by atomic mass is 10.1. The van der Waals surface area contributed by atoms with Crippen LogP contribution >= 0.6 is 0 Å². The molecule has 1 aliphatic heterocycles. The summed E-state index contributed by atoms with van der Waals surface area (Å²) in [5.41, 5.74) is 1.15. The van der Waals surface area contributed by atoms with E-state index in [9.17, 15) is 9.59 Å². The normalized spacial score (nSPS) is 15.6. The highest BCUT2D eigenvalue weighted by Gasteiger charge is 2.21. The maximum atomic E-state index is 12.6. The molecule has 5 heteroatoms. The highest BCUT2D eigenvalue weighted by molar-refractivity contribution is 5.99. The van der Waals surface area contributed by atoms with Crippen LogP contribution < -0.4 is 5.32 Å². The van der Waals surface area contributed by atoms with Crippen LogP contribution in [0, 0.1) is 5.92 Å². The van der Waals surface area contributed by atoms with Gasteiger partial charge in [0.15, 0.2) is 0 Å². The van der Waals surface area contributed by atoms with Crippen molar-refractivity contribution in [2.24, 2.45) is 5.92 Å². The number of piperazine rings is 1. The summed E-state index contributed by atoms with van der Waals surface area (Å²) in [7, 11) is 0. The van der Waals surface area contributed by atoms with E-state index in [0.717, 1.165) is 39.1 Å². The Balaban J connectivity index is 1.96. The monoisotopic (exact) mass is 331 g/mol. The lowest BCUT2D eigenvalue weighted by molar-refractivity contribution is 0.0643. The number of carbonyl (C=O) groups is 2. The second kappa shape index (κ2) is 8.83. The standard InChI is InChI=1S/C19H29N3O2/c1-4-21-10-12-22(13-11-21)19(24)17-7-5-6-16(14-17)18(23)20-9-8-15(2)3/h5-7,14-15H,4,8-13H2,1-3H3,(H,20,23). The van der Waals surface area contributed by atoms with E-state index in [1.54, 1.807) is 24.3 Å². The van der Waals surface area contributed by atoms with E-state index in [1.807, 2.05) is 4.90 Å². The Morgan fingerprint density at radius 3 is 2.42 bits per heavy atom. The summed E-state index contributed by atoms with van der Waals surface area (Å²) in [5, 5.41) is 2.92. The maximum Gasteiger partial charge on any atom is 0.253 e.